The predicted octanol–water partition coefficient (Wildman–Crippen LogP) is 0.997. The highest BCUT2D eigenvalue weighted by Gasteiger charge is 2.54. The lowest BCUT2D eigenvalue weighted by molar-refractivity contribution is -0.134. The summed E-state index contributed by atoms with van der Waals surface area (Å²) in [7, 11) is 0. The summed E-state index contributed by atoms with van der Waals surface area (Å²) in [5.74, 6) is -0.0397. The van der Waals surface area contributed by atoms with Crippen molar-refractivity contribution in [3.63, 3.8) is 0 Å². The van der Waals surface area contributed by atoms with Crippen LogP contribution in [0.1, 0.15) is 32.6 Å². The number of carbonyl (C=O) groups is 2. The van der Waals surface area contributed by atoms with Gasteiger partial charge in [-0.3, -0.25) is 14.1 Å². The molecule has 0 bridgehead atoms. The average molecular weight is 343 g/mol. The molecule has 0 radical (unpaired) electrons. The number of hydrogen-bond donors (Lipinski definition) is 1. The Morgan fingerprint density at radius 1 is 1.24 bits per heavy atom. The topological polar surface area (TPSA) is 88.7 Å². The van der Waals surface area contributed by atoms with E-state index in [1.807, 2.05) is 6.92 Å². The standard InChI is InChI=1S/C17H21N5O3/c1-12-6-2-4-8-17(12)14(23)21(15(24)18-17)10-11-22-16(25)20-9-5-3-7-13(20)19-22/h3,5,7,9,12H,2,4,6,8,10-11H2,1H3,(H,18,24)/t12-,17-/m1/s1. The molecule has 1 aliphatic carbocycles. The number of rotatable bonds is 3. The number of urea groups is 1. The monoisotopic (exact) mass is 343 g/mol. The summed E-state index contributed by atoms with van der Waals surface area (Å²) in [5.41, 5.74) is -0.496. The summed E-state index contributed by atoms with van der Waals surface area (Å²) in [5, 5.41) is 7.16. The van der Waals surface area contributed by atoms with E-state index in [1.165, 1.54) is 14.0 Å². The van der Waals surface area contributed by atoms with E-state index >= 15 is 0 Å². The van der Waals surface area contributed by atoms with Crippen molar-refractivity contribution in [3.05, 3.63) is 34.9 Å². The van der Waals surface area contributed by atoms with Crippen LogP contribution in [-0.4, -0.2) is 43.1 Å². The van der Waals surface area contributed by atoms with Gasteiger partial charge in [-0.1, -0.05) is 25.8 Å². The first-order valence-corrected chi connectivity index (χ1v) is 8.71. The third kappa shape index (κ3) is 2.35. The van der Waals surface area contributed by atoms with Crippen LogP contribution < -0.4 is 11.0 Å². The molecule has 132 valence electrons. The Morgan fingerprint density at radius 2 is 2.08 bits per heavy atom. The van der Waals surface area contributed by atoms with Gasteiger partial charge in [0.05, 0.1) is 13.1 Å². The van der Waals surface area contributed by atoms with Gasteiger partial charge in [0.2, 0.25) is 0 Å². The number of imide groups is 1. The third-order valence-corrected chi connectivity index (χ3v) is 5.53. The van der Waals surface area contributed by atoms with E-state index in [4.69, 9.17) is 0 Å². The van der Waals surface area contributed by atoms with Gasteiger partial charge in [0.25, 0.3) is 5.91 Å². The lowest BCUT2D eigenvalue weighted by Crippen LogP contribution is -2.54. The molecule has 0 unspecified atom stereocenters. The molecule has 1 saturated heterocycles. The molecule has 1 saturated carbocycles. The molecule has 2 atom stereocenters. The zero-order chi connectivity index (χ0) is 17.6. The van der Waals surface area contributed by atoms with Gasteiger partial charge in [-0.25, -0.2) is 14.3 Å². The summed E-state index contributed by atoms with van der Waals surface area (Å²) < 4.78 is 2.74. The molecule has 4 rings (SSSR count). The minimum Gasteiger partial charge on any atom is -0.323 e. The molecular weight excluding hydrogens is 322 g/mol. The first-order chi connectivity index (χ1) is 12.0. The molecule has 1 aliphatic heterocycles. The quantitative estimate of drug-likeness (QED) is 0.842. The first-order valence-electron chi connectivity index (χ1n) is 8.71. The number of hydrogen-bond acceptors (Lipinski definition) is 4. The lowest BCUT2D eigenvalue weighted by Gasteiger charge is -2.36. The molecule has 2 aliphatic rings. The fourth-order valence-electron chi connectivity index (χ4n) is 4.01. The minimum atomic E-state index is -0.765. The Balaban J connectivity index is 1.54. The van der Waals surface area contributed by atoms with Crippen LogP contribution in [0.4, 0.5) is 4.79 Å². The van der Waals surface area contributed by atoms with Crippen LogP contribution in [0.3, 0.4) is 0 Å². The summed E-state index contributed by atoms with van der Waals surface area (Å²) in [6.45, 7) is 2.35. The average Bonchev–Trinajstić information content (AvgIpc) is 3.05. The van der Waals surface area contributed by atoms with E-state index in [1.54, 1.807) is 24.4 Å². The Hall–Kier alpha value is -2.64. The largest absolute Gasteiger partial charge is 0.350 e. The van der Waals surface area contributed by atoms with Crippen LogP contribution in [0.2, 0.25) is 0 Å². The van der Waals surface area contributed by atoms with Gasteiger partial charge < -0.3 is 5.32 Å². The zero-order valence-corrected chi connectivity index (χ0v) is 14.1. The van der Waals surface area contributed by atoms with Crippen molar-refractivity contribution in [2.75, 3.05) is 6.54 Å². The molecule has 25 heavy (non-hydrogen) atoms. The fourth-order valence-corrected chi connectivity index (χ4v) is 4.01. The number of fused-ring (bicyclic) bond motifs is 1. The fraction of sp³-hybridized carbons (Fsp3) is 0.529. The van der Waals surface area contributed by atoms with Crippen LogP contribution in [0, 0.1) is 5.92 Å². The lowest BCUT2D eigenvalue weighted by atomic mass is 9.73. The maximum atomic E-state index is 12.9. The Bertz CT molecular complexity index is 901. The molecule has 3 amide bonds. The maximum Gasteiger partial charge on any atom is 0.350 e. The van der Waals surface area contributed by atoms with Crippen molar-refractivity contribution in [2.45, 2.75) is 44.7 Å². The molecule has 2 aromatic heterocycles. The number of amides is 3. The van der Waals surface area contributed by atoms with E-state index in [0.29, 0.717) is 12.1 Å². The van der Waals surface area contributed by atoms with Crippen molar-refractivity contribution in [3.8, 4) is 0 Å². The van der Waals surface area contributed by atoms with Crippen molar-refractivity contribution in [1.82, 2.24) is 24.4 Å². The number of carbonyl (C=O) groups excluding carboxylic acids is 2. The van der Waals surface area contributed by atoms with Gasteiger partial charge in [0, 0.05) is 6.20 Å². The molecular formula is C17H21N5O3. The van der Waals surface area contributed by atoms with Gasteiger partial charge in [-0.2, -0.15) is 0 Å². The Morgan fingerprint density at radius 3 is 2.84 bits per heavy atom. The van der Waals surface area contributed by atoms with Gasteiger partial charge in [-0.05, 0) is 30.9 Å². The highest BCUT2D eigenvalue weighted by molar-refractivity contribution is 6.07. The van der Waals surface area contributed by atoms with Crippen molar-refractivity contribution in [2.24, 2.45) is 5.92 Å². The molecule has 1 spiro atoms. The van der Waals surface area contributed by atoms with E-state index < -0.39 is 5.54 Å². The normalized spacial score (nSPS) is 26.6. The second kappa shape index (κ2) is 5.72. The third-order valence-electron chi connectivity index (χ3n) is 5.53. The number of aromatic nitrogens is 3. The molecule has 8 nitrogen and oxygen atoms in total. The SMILES string of the molecule is C[C@@H]1CCCC[C@@]12NC(=O)N(CCn1nc3ccccn3c1=O)C2=O. The van der Waals surface area contributed by atoms with Gasteiger partial charge in [0.1, 0.15) is 5.54 Å². The summed E-state index contributed by atoms with van der Waals surface area (Å²) in [4.78, 5) is 38.8. The van der Waals surface area contributed by atoms with Crippen LogP contribution in [0.5, 0.6) is 0 Å². The van der Waals surface area contributed by atoms with Crippen LogP contribution in [-0.2, 0) is 11.3 Å². The minimum absolute atomic E-state index is 0.126. The summed E-state index contributed by atoms with van der Waals surface area (Å²) in [6.07, 6.45) is 5.29. The van der Waals surface area contributed by atoms with Crippen LogP contribution in [0.15, 0.2) is 29.2 Å². The zero-order valence-electron chi connectivity index (χ0n) is 14.1. The molecule has 8 heteroatoms. The predicted molar refractivity (Wildman–Crippen MR) is 90.1 cm³/mol. The highest BCUT2D eigenvalue weighted by Crippen LogP contribution is 2.38. The Kier molecular flexibility index (Phi) is 3.63. The van der Waals surface area contributed by atoms with Crippen molar-refractivity contribution >= 4 is 17.6 Å². The van der Waals surface area contributed by atoms with Gasteiger partial charge in [0.15, 0.2) is 5.65 Å². The number of pyridine rings is 1. The molecule has 0 aromatic carbocycles. The van der Waals surface area contributed by atoms with Crippen molar-refractivity contribution < 1.29 is 9.59 Å². The molecule has 2 fully saturated rings. The molecule has 3 heterocycles. The summed E-state index contributed by atoms with van der Waals surface area (Å²) in [6, 6.07) is 4.93. The van der Waals surface area contributed by atoms with Gasteiger partial charge >= 0.3 is 11.7 Å². The van der Waals surface area contributed by atoms with E-state index in [2.05, 4.69) is 10.4 Å². The van der Waals surface area contributed by atoms with E-state index in [9.17, 15) is 14.4 Å². The van der Waals surface area contributed by atoms with E-state index in [0.717, 1.165) is 19.3 Å². The second-order valence-electron chi connectivity index (χ2n) is 6.94. The second-order valence-corrected chi connectivity index (χ2v) is 6.94. The van der Waals surface area contributed by atoms with Crippen molar-refractivity contribution in [1.29, 1.82) is 0 Å². The smallest absolute Gasteiger partial charge is 0.323 e. The molecule has 2 aromatic rings. The summed E-state index contributed by atoms with van der Waals surface area (Å²) >= 11 is 0. The number of nitrogens with one attached hydrogen (secondary N) is 1. The van der Waals surface area contributed by atoms with Crippen LogP contribution in [0.25, 0.3) is 5.65 Å². The Labute approximate surface area is 144 Å². The van der Waals surface area contributed by atoms with E-state index in [-0.39, 0.29) is 36.6 Å². The molecule has 1 N–H and O–H groups in total. The van der Waals surface area contributed by atoms with Gasteiger partial charge in [-0.15, -0.1) is 5.10 Å². The maximum absolute atomic E-state index is 12.9. The first kappa shape index (κ1) is 15.9. The van der Waals surface area contributed by atoms with Crippen LogP contribution >= 0.6 is 0 Å². The highest BCUT2D eigenvalue weighted by atomic mass is 16.2. The number of nitrogens with zero attached hydrogens (tertiary/aromatic N) is 4.